The van der Waals surface area contributed by atoms with E-state index >= 15 is 0 Å². The van der Waals surface area contributed by atoms with Crippen LogP contribution in [0.3, 0.4) is 0 Å². The van der Waals surface area contributed by atoms with Crippen LogP contribution < -0.4 is 18.9 Å². The van der Waals surface area contributed by atoms with Crippen LogP contribution in [0.25, 0.3) is 12.2 Å². The second-order valence-electron chi connectivity index (χ2n) is 17.4. The Hall–Kier alpha value is -4.89. The van der Waals surface area contributed by atoms with Gasteiger partial charge in [0.25, 0.3) is 0 Å². The summed E-state index contributed by atoms with van der Waals surface area (Å²) in [6.45, 7) is 10.8. The molecule has 18 nitrogen and oxygen atoms in total. The molecule has 68 heavy (non-hydrogen) atoms. The van der Waals surface area contributed by atoms with Gasteiger partial charge in [0, 0.05) is 53.4 Å². The van der Waals surface area contributed by atoms with Crippen LogP contribution in [0.4, 0.5) is 0 Å². The lowest BCUT2D eigenvalue weighted by atomic mass is 9.99. The van der Waals surface area contributed by atoms with Gasteiger partial charge in [0.05, 0.1) is 18.3 Å². The highest BCUT2D eigenvalue weighted by Gasteiger charge is 2.45. The molecule has 4 aliphatic heterocycles. The van der Waals surface area contributed by atoms with Crippen molar-refractivity contribution in [2.75, 3.05) is 55.6 Å². The van der Waals surface area contributed by atoms with Crippen molar-refractivity contribution in [2.45, 2.75) is 134 Å². The smallest absolute Gasteiger partial charge is 0.342 e. The molecule has 2 aromatic rings. The fourth-order valence-electron chi connectivity index (χ4n) is 7.90. The minimum absolute atomic E-state index is 0.00883. The molecular weight excluding hydrogens is 889 g/mol. The van der Waals surface area contributed by atoms with Crippen LogP contribution in [0.2, 0.25) is 0 Å². The summed E-state index contributed by atoms with van der Waals surface area (Å²) >= 11 is 0. The molecule has 0 radical (unpaired) electrons. The normalized spacial score (nSPS) is 27.4. The number of benzene rings is 2. The monoisotopic (exact) mass is 956 g/mol. The lowest BCUT2D eigenvalue weighted by Crippen LogP contribution is -2.34. The van der Waals surface area contributed by atoms with Crippen molar-refractivity contribution in [3.8, 4) is 23.0 Å². The Bertz CT molecular complexity index is 2080. The second kappa shape index (κ2) is 25.6. The molecule has 2 aromatic carbocycles. The third kappa shape index (κ3) is 15.6. The van der Waals surface area contributed by atoms with E-state index in [1.54, 1.807) is 76.3 Å². The molecule has 0 amide bonds. The molecule has 0 aliphatic carbocycles. The fourth-order valence-corrected chi connectivity index (χ4v) is 7.90. The molecule has 18 heteroatoms. The molecule has 2 fully saturated rings. The zero-order chi connectivity index (χ0) is 49.4. The van der Waals surface area contributed by atoms with E-state index in [0.717, 1.165) is 0 Å². The highest BCUT2D eigenvalue weighted by atomic mass is 16.8. The number of methoxy groups -OCH3 is 4. The van der Waals surface area contributed by atoms with Gasteiger partial charge in [-0.25, -0.2) is 9.59 Å². The van der Waals surface area contributed by atoms with E-state index in [4.69, 9.17) is 66.3 Å². The number of cyclic esters (lactones) is 2. The maximum Gasteiger partial charge on any atom is 0.342 e. The first-order valence-corrected chi connectivity index (χ1v) is 22.6. The first-order chi connectivity index (χ1) is 32.5. The van der Waals surface area contributed by atoms with Gasteiger partial charge in [-0.15, -0.1) is 0 Å². The average Bonchev–Trinajstić information content (AvgIpc) is 3.78. The van der Waals surface area contributed by atoms with Gasteiger partial charge in [0.2, 0.25) is 0 Å². The van der Waals surface area contributed by atoms with Crippen molar-refractivity contribution < 1.29 is 85.8 Å². The number of hydrogen-bond acceptors (Lipinski definition) is 18. The summed E-state index contributed by atoms with van der Waals surface area (Å²) in [5.41, 5.74) is 1.60. The molecule has 2 saturated heterocycles. The molecular formula is C50H68O18. The lowest BCUT2D eigenvalue weighted by Gasteiger charge is -2.21. The largest absolute Gasteiger partial charge is 0.467 e. The number of aliphatic hydroxyl groups is 1. The Morgan fingerprint density at radius 1 is 0.603 bits per heavy atom. The molecule has 0 bridgehead atoms. The summed E-state index contributed by atoms with van der Waals surface area (Å²) in [5, 5.41) is 10.7. The molecule has 6 rings (SSSR count). The van der Waals surface area contributed by atoms with Crippen LogP contribution in [0.15, 0.2) is 48.6 Å². The lowest BCUT2D eigenvalue weighted by molar-refractivity contribution is -0.154. The molecule has 4 heterocycles. The van der Waals surface area contributed by atoms with Gasteiger partial charge in [-0.1, -0.05) is 36.5 Å². The van der Waals surface area contributed by atoms with E-state index in [1.165, 1.54) is 28.4 Å². The fraction of sp³-hybridized carbons (Fsp3) is 0.580. The first-order valence-electron chi connectivity index (χ1n) is 22.6. The third-order valence-electron chi connectivity index (χ3n) is 10.8. The van der Waals surface area contributed by atoms with E-state index in [-0.39, 0.29) is 61.7 Å². The van der Waals surface area contributed by atoms with Crippen LogP contribution in [0, 0.1) is 0 Å². The number of Topliss-reactive ketones (excluding diaryl/α,β-unsaturated/α-hetero) is 1. The predicted octanol–water partition coefficient (Wildman–Crippen LogP) is 7.32. The average molecular weight is 957 g/mol. The van der Waals surface area contributed by atoms with Gasteiger partial charge in [-0.3, -0.25) is 4.79 Å². The highest BCUT2D eigenvalue weighted by Crippen LogP contribution is 2.37. The second-order valence-corrected chi connectivity index (χ2v) is 17.4. The molecule has 1 unspecified atom stereocenters. The molecule has 0 aromatic heterocycles. The molecule has 4 aliphatic rings. The Morgan fingerprint density at radius 2 is 1.09 bits per heavy atom. The van der Waals surface area contributed by atoms with Crippen molar-refractivity contribution >= 4 is 29.9 Å². The van der Waals surface area contributed by atoms with E-state index in [1.807, 2.05) is 26.0 Å². The summed E-state index contributed by atoms with van der Waals surface area (Å²) in [6.07, 6.45) is 9.72. The highest BCUT2D eigenvalue weighted by molar-refractivity contribution is 5.98. The van der Waals surface area contributed by atoms with E-state index in [0.29, 0.717) is 61.2 Å². The Labute approximate surface area is 398 Å². The minimum atomic E-state index is -0.860. The molecule has 1 N–H and O–H groups in total. The summed E-state index contributed by atoms with van der Waals surface area (Å²) in [4.78, 5) is 39.2. The van der Waals surface area contributed by atoms with Crippen LogP contribution in [-0.2, 0) is 52.2 Å². The maximum atomic E-state index is 13.2. The van der Waals surface area contributed by atoms with E-state index in [9.17, 15) is 19.5 Å². The number of carbonyl (C=O) groups excluding carboxylic acids is 3. The number of rotatable bonds is 12. The van der Waals surface area contributed by atoms with Crippen LogP contribution in [-0.4, -0.2) is 133 Å². The number of ketones is 1. The van der Waals surface area contributed by atoms with Crippen molar-refractivity contribution in [1.29, 1.82) is 0 Å². The van der Waals surface area contributed by atoms with Gasteiger partial charge in [-0.2, -0.15) is 0 Å². The van der Waals surface area contributed by atoms with Crippen molar-refractivity contribution in [1.82, 2.24) is 0 Å². The third-order valence-corrected chi connectivity index (χ3v) is 10.8. The van der Waals surface area contributed by atoms with E-state index in [2.05, 4.69) is 0 Å². The number of fused-ring (bicyclic) bond motifs is 4. The maximum absolute atomic E-state index is 13.2. The summed E-state index contributed by atoms with van der Waals surface area (Å²) in [6, 6.07) is 6.62. The van der Waals surface area contributed by atoms with Gasteiger partial charge in [0.1, 0.15) is 58.5 Å². The molecule has 376 valence electrons. The SMILES string of the molecule is COCOc1cc2c(c(OCOC)c1)C(=O)O[C@@H](C)C/C=C\C(O)[C@@H]1OC(C)(C)O[C@@H]1C/C=C/2.COCOc1cc2c(c(OCOC)c1)C(=O)O[C@@H](C)CCCC(=O)[C@@H]1OC(C)(C)O[C@@H]1C/C=C/2. The van der Waals surface area contributed by atoms with E-state index < -0.39 is 60.1 Å². The van der Waals surface area contributed by atoms with Crippen molar-refractivity contribution in [2.24, 2.45) is 0 Å². The summed E-state index contributed by atoms with van der Waals surface area (Å²) in [5.74, 6) is -1.30. The van der Waals surface area contributed by atoms with Gasteiger partial charge in [0.15, 0.2) is 44.5 Å². The van der Waals surface area contributed by atoms with Crippen LogP contribution >= 0.6 is 0 Å². The zero-order valence-corrected chi connectivity index (χ0v) is 40.8. The Balaban J connectivity index is 0.000000254. The number of aliphatic hydroxyl groups excluding tert-OH is 1. The number of ether oxygens (including phenoxy) is 14. The van der Waals surface area contributed by atoms with Crippen molar-refractivity contribution in [3.63, 3.8) is 0 Å². The van der Waals surface area contributed by atoms with Gasteiger partial charge >= 0.3 is 11.9 Å². The summed E-state index contributed by atoms with van der Waals surface area (Å²) in [7, 11) is 6.02. The predicted molar refractivity (Wildman–Crippen MR) is 246 cm³/mol. The van der Waals surface area contributed by atoms with Crippen LogP contribution in [0.1, 0.15) is 112 Å². The van der Waals surface area contributed by atoms with Crippen molar-refractivity contribution in [3.05, 3.63) is 70.8 Å². The molecule has 0 spiro atoms. The quantitative estimate of drug-likeness (QED) is 0.126. The topological polar surface area (TPSA) is 201 Å². The molecule has 7 atom stereocenters. The standard InChI is InChI=1S/2C25H34O9/c2*1-16-8-6-10-19(26)23-20(33-25(2,3)34-23)11-7-9-17-12-18(30-14-28-4)13-21(31-15-29-5)22(17)24(27)32-16/h7,9,12-13,16,20,23H,6,8,10-11,14-15H2,1-5H3;6-7,9-10,12-13,16,19-20,23,26H,8,11,14-15H2,1-5H3/b9-7+;9-7+,10-6-/t16-,20+,23-;16-,19?,20+,23-/m00/s1. The Morgan fingerprint density at radius 3 is 1.63 bits per heavy atom. The molecule has 0 saturated carbocycles. The van der Waals surface area contributed by atoms with Gasteiger partial charge < -0.3 is 71.4 Å². The number of hydrogen-bond donors (Lipinski definition) is 1. The Kier molecular flexibility index (Phi) is 20.4. The zero-order valence-electron chi connectivity index (χ0n) is 40.8. The number of carbonyl (C=O) groups is 3. The minimum Gasteiger partial charge on any atom is -0.467 e. The number of esters is 2. The van der Waals surface area contributed by atoms with Crippen LogP contribution in [0.5, 0.6) is 23.0 Å². The summed E-state index contributed by atoms with van der Waals surface area (Å²) < 4.78 is 77.9. The van der Waals surface area contributed by atoms with Gasteiger partial charge in [-0.05, 0) is 90.5 Å². The first kappa shape index (κ1) is 54.1.